The van der Waals surface area contributed by atoms with Crippen LogP contribution in [0.25, 0.3) is 0 Å². The first kappa shape index (κ1) is 15.6. The van der Waals surface area contributed by atoms with Crippen molar-refractivity contribution in [3.63, 3.8) is 0 Å². The third kappa shape index (κ3) is 3.26. The lowest BCUT2D eigenvalue weighted by molar-refractivity contribution is 0.0697. The predicted octanol–water partition coefficient (Wildman–Crippen LogP) is 2.89. The molecule has 9 heteroatoms. The molecule has 0 saturated heterocycles. The quantitative estimate of drug-likeness (QED) is 0.887. The van der Waals surface area contributed by atoms with Crippen LogP contribution in [0.4, 0.5) is 5.69 Å². The number of carboxylic acids is 1. The summed E-state index contributed by atoms with van der Waals surface area (Å²) in [5.41, 5.74) is -0.243. The van der Waals surface area contributed by atoms with Crippen LogP contribution in [-0.4, -0.2) is 24.5 Å². The normalized spacial score (nSPS) is 11.1. The highest BCUT2D eigenvalue weighted by Crippen LogP contribution is 2.31. The molecule has 0 aliphatic heterocycles. The molecule has 0 bridgehead atoms. The second-order valence-electron chi connectivity index (χ2n) is 3.89. The number of aromatic carboxylic acids is 1. The zero-order valence-corrected chi connectivity index (χ0v) is 12.6. The molecule has 0 aliphatic carbocycles. The minimum atomic E-state index is -4.06. The molecule has 0 aliphatic rings. The molecule has 0 spiro atoms. The molecule has 2 aromatic rings. The van der Waals surface area contributed by atoms with Crippen LogP contribution in [0.5, 0.6) is 0 Å². The predicted molar refractivity (Wildman–Crippen MR) is 78.5 cm³/mol. The molecular weight excluding hydrogens is 339 g/mol. The summed E-state index contributed by atoms with van der Waals surface area (Å²) in [4.78, 5) is 14.5. The number of pyridine rings is 1. The topological polar surface area (TPSA) is 96.4 Å². The largest absolute Gasteiger partial charge is 0.478 e. The lowest BCUT2D eigenvalue weighted by Crippen LogP contribution is -2.15. The van der Waals surface area contributed by atoms with Crippen molar-refractivity contribution in [1.29, 1.82) is 0 Å². The summed E-state index contributed by atoms with van der Waals surface area (Å²) in [6.45, 7) is 0. The van der Waals surface area contributed by atoms with Crippen molar-refractivity contribution in [2.24, 2.45) is 0 Å². The van der Waals surface area contributed by atoms with Gasteiger partial charge in [0, 0.05) is 6.20 Å². The maximum Gasteiger partial charge on any atom is 0.338 e. The first-order chi connectivity index (χ1) is 9.83. The number of halogens is 2. The Morgan fingerprint density at radius 2 is 1.95 bits per heavy atom. The summed E-state index contributed by atoms with van der Waals surface area (Å²) in [7, 11) is -4.06. The van der Waals surface area contributed by atoms with Gasteiger partial charge in [-0.1, -0.05) is 23.2 Å². The molecule has 1 aromatic heterocycles. The van der Waals surface area contributed by atoms with E-state index in [-0.39, 0.29) is 15.6 Å². The van der Waals surface area contributed by atoms with Gasteiger partial charge in [-0.25, -0.2) is 13.2 Å². The fourth-order valence-corrected chi connectivity index (χ4v) is 3.53. The van der Waals surface area contributed by atoms with Gasteiger partial charge in [0.25, 0.3) is 10.0 Å². The van der Waals surface area contributed by atoms with Gasteiger partial charge in [0.1, 0.15) is 4.90 Å². The third-order valence-corrected chi connectivity index (χ3v) is 4.72. The molecule has 6 nitrogen and oxygen atoms in total. The number of nitrogens with zero attached hydrogens (tertiary/aromatic N) is 1. The Bertz CT molecular complexity index is 794. The minimum absolute atomic E-state index is 0.146. The maximum absolute atomic E-state index is 12.2. The molecule has 0 atom stereocenters. The molecule has 110 valence electrons. The smallest absolute Gasteiger partial charge is 0.338 e. The molecule has 1 heterocycles. The van der Waals surface area contributed by atoms with Crippen molar-refractivity contribution in [2.75, 3.05) is 4.72 Å². The highest BCUT2D eigenvalue weighted by atomic mass is 35.5. The summed E-state index contributed by atoms with van der Waals surface area (Å²) in [6.07, 6.45) is 2.79. The van der Waals surface area contributed by atoms with Gasteiger partial charge in [-0.05, 0) is 24.3 Å². The minimum Gasteiger partial charge on any atom is -0.478 e. The van der Waals surface area contributed by atoms with E-state index in [1.165, 1.54) is 18.5 Å². The third-order valence-electron chi connectivity index (χ3n) is 2.47. The number of benzene rings is 1. The van der Waals surface area contributed by atoms with Gasteiger partial charge in [-0.3, -0.25) is 9.71 Å². The number of hydrogen-bond acceptors (Lipinski definition) is 4. The second-order valence-corrected chi connectivity index (χ2v) is 6.32. The van der Waals surface area contributed by atoms with Crippen molar-refractivity contribution in [2.45, 2.75) is 4.90 Å². The Morgan fingerprint density at radius 3 is 2.52 bits per heavy atom. The van der Waals surface area contributed by atoms with E-state index >= 15 is 0 Å². The second kappa shape index (κ2) is 5.88. The van der Waals surface area contributed by atoms with Gasteiger partial charge >= 0.3 is 5.97 Å². The average molecular weight is 347 g/mol. The summed E-state index contributed by atoms with van der Waals surface area (Å²) >= 11 is 11.6. The van der Waals surface area contributed by atoms with E-state index < -0.39 is 26.6 Å². The van der Waals surface area contributed by atoms with E-state index in [0.717, 1.165) is 12.1 Å². The molecule has 0 fully saturated rings. The molecule has 0 unspecified atom stereocenters. The standard InChI is InChI=1S/C12H8Cl2N2O4S/c13-8-3-4-9(11(14)10(8)12(17)18)21(19,20)16-7-2-1-5-15-6-7/h1-6,16H,(H,17,18). The fraction of sp³-hybridized carbons (Fsp3) is 0. The van der Waals surface area contributed by atoms with Crippen LogP contribution in [-0.2, 0) is 10.0 Å². The average Bonchev–Trinajstić information content (AvgIpc) is 2.38. The van der Waals surface area contributed by atoms with E-state index in [1.807, 2.05) is 0 Å². The van der Waals surface area contributed by atoms with Crippen molar-refractivity contribution >= 4 is 44.9 Å². The molecule has 1 aromatic carbocycles. The summed E-state index contributed by atoms with van der Waals surface area (Å²) in [5, 5.41) is 8.43. The molecule has 21 heavy (non-hydrogen) atoms. The van der Waals surface area contributed by atoms with Crippen LogP contribution in [0.15, 0.2) is 41.6 Å². The SMILES string of the molecule is O=C(O)c1c(Cl)ccc(S(=O)(=O)Nc2cccnc2)c1Cl. The lowest BCUT2D eigenvalue weighted by Gasteiger charge is -2.11. The Morgan fingerprint density at radius 1 is 1.24 bits per heavy atom. The Labute approximate surface area is 130 Å². The summed E-state index contributed by atoms with van der Waals surface area (Å²) in [5.74, 6) is -1.41. The molecule has 2 rings (SSSR count). The maximum atomic E-state index is 12.2. The van der Waals surface area contributed by atoms with Gasteiger partial charge in [-0.2, -0.15) is 0 Å². The van der Waals surface area contributed by atoms with Gasteiger partial charge < -0.3 is 5.11 Å². The van der Waals surface area contributed by atoms with E-state index in [0.29, 0.717) is 0 Å². The van der Waals surface area contributed by atoms with Gasteiger partial charge in [0.15, 0.2) is 0 Å². The number of carboxylic acid groups (broad SMARTS) is 1. The van der Waals surface area contributed by atoms with E-state index in [4.69, 9.17) is 28.3 Å². The summed E-state index contributed by atoms with van der Waals surface area (Å²) in [6, 6.07) is 5.33. The Balaban J connectivity index is 2.51. The zero-order valence-electron chi connectivity index (χ0n) is 10.2. The monoisotopic (exact) mass is 346 g/mol. The molecule has 0 amide bonds. The van der Waals surface area contributed by atoms with Crippen LogP contribution in [0.3, 0.4) is 0 Å². The van der Waals surface area contributed by atoms with Crippen molar-refractivity contribution in [3.05, 3.63) is 52.3 Å². The first-order valence-corrected chi connectivity index (χ1v) is 7.71. The number of rotatable bonds is 4. The van der Waals surface area contributed by atoms with Gasteiger partial charge in [0.2, 0.25) is 0 Å². The summed E-state index contributed by atoms with van der Waals surface area (Å²) < 4.78 is 26.7. The van der Waals surface area contributed by atoms with Crippen molar-refractivity contribution < 1.29 is 18.3 Å². The Hall–Kier alpha value is -1.83. The van der Waals surface area contributed by atoms with Crippen molar-refractivity contribution in [3.8, 4) is 0 Å². The lowest BCUT2D eigenvalue weighted by atomic mass is 10.2. The molecule has 0 radical (unpaired) electrons. The highest BCUT2D eigenvalue weighted by molar-refractivity contribution is 7.92. The van der Waals surface area contributed by atoms with E-state index in [2.05, 4.69) is 9.71 Å². The van der Waals surface area contributed by atoms with Crippen LogP contribution in [0.1, 0.15) is 10.4 Å². The number of aromatic nitrogens is 1. The van der Waals surface area contributed by atoms with Crippen LogP contribution in [0.2, 0.25) is 10.0 Å². The number of sulfonamides is 1. The highest BCUT2D eigenvalue weighted by Gasteiger charge is 2.24. The first-order valence-electron chi connectivity index (χ1n) is 5.47. The number of nitrogens with one attached hydrogen (secondary N) is 1. The molecular formula is C12H8Cl2N2O4S. The van der Waals surface area contributed by atoms with Gasteiger partial charge in [0.05, 0.1) is 27.5 Å². The van der Waals surface area contributed by atoms with Crippen LogP contribution in [0, 0.1) is 0 Å². The Kier molecular flexibility index (Phi) is 4.36. The fourth-order valence-electron chi connectivity index (χ4n) is 1.57. The number of hydrogen-bond donors (Lipinski definition) is 2. The molecule has 0 saturated carbocycles. The van der Waals surface area contributed by atoms with Crippen LogP contribution >= 0.6 is 23.2 Å². The van der Waals surface area contributed by atoms with Crippen molar-refractivity contribution in [1.82, 2.24) is 4.98 Å². The molecule has 2 N–H and O–H groups in total. The zero-order chi connectivity index (χ0) is 15.6. The van der Waals surface area contributed by atoms with E-state index in [1.54, 1.807) is 6.07 Å². The number of carbonyl (C=O) groups is 1. The van der Waals surface area contributed by atoms with E-state index in [9.17, 15) is 13.2 Å². The number of anilines is 1. The van der Waals surface area contributed by atoms with Crippen LogP contribution < -0.4 is 4.72 Å². The van der Waals surface area contributed by atoms with Gasteiger partial charge in [-0.15, -0.1) is 0 Å².